The van der Waals surface area contributed by atoms with E-state index < -0.39 is 0 Å². The number of ketones is 2. The van der Waals surface area contributed by atoms with Gasteiger partial charge in [-0.25, -0.2) is 0 Å². The molecule has 0 bridgehead atoms. The SMILES string of the molecule is CCOc1cc(C=C2C(=O)c3ccccc3C2=O)ccc1OCC(=O)Nc1ccccc1. The number of hydrogen-bond donors (Lipinski definition) is 1. The summed E-state index contributed by atoms with van der Waals surface area (Å²) in [5.74, 6) is -0.0676. The van der Waals surface area contributed by atoms with Gasteiger partial charge in [-0.1, -0.05) is 48.5 Å². The van der Waals surface area contributed by atoms with Crippen LogP contribution in [-0.4, -0.2) is 30.7 Å². The Kier molecular flexibility index (Phi) is 6.12. The summed E-state index contributed by atoms with van der Waals surface area (Å²) in [5, 5.41) is 2.75. The molecule has 0 atom stereocenters. The maximum atomic E-state index is 12.6. The average molecular weight is 427 g/mol. The van der Waals surface area contributed by atoms with Crippen molar-refractivity contribution < 1.29 is 23.9 Å². The lowest BCUT2D eigenvalue weighted by molar-refractivity contribution is -0.118. The van der Waals surface area contributed by atoms with Crippen molar-refractivity contribution >= 4 is 29.2 Å². The predicted octanol–water partition coefficient (Wildman–Crippen LogP) is 4.57. The molecule has 0 heterocycles. The highest BCUT2D eigenvalue weighted by Gasteiger charge is 2.32. The number of ether oxygens (including phenoxy) is 2. The Balaban J connectivity index is 1.51. The smallest absolute Gasteiger partial charge is 0.262 e. The van der Waals surface area contributed by atoms with Crippen molar-refractivity contribution in [2.75, 3.05) is 18.5 Å². The summed E-state index contributed by atoms with van der Waals surface area (Å²) in [6, 6.07) is 20.9. The van der Waals surface area contributed by atoms with E-state index in [4.69, 9.17) is 9.47 Å². The van der Waals surface area contributed by atoms with E-state index in [0.29, 0.717) is 40.5 Å². The van der Waals surface area contributed by atoms with Crippen LogP contribution < -0.4 is 14.8 Å². The zero-order valence-corrected chi connectivity index (χ0v) is 17.5. The molecule has 0 aliphatic heterocycles. The first-order chi connectivity index (χ1) is 15.6. The van der Waals surface area contributed by atoms with Crippen molar-refractivity contribution in [2.24, 2.45) is 0 Å². The van der Waals surface area contributed by atoms with Crippen LogP contribution in [0.25, 0.3) is 6.08 Å². The zero-order valence-electron chi connectivity index (χ0n) is 17.5. The standard InChI is InChI=1S/C26H21NO5/c1-2-31-23-15-17(14-21-25(29)19-10-6-7-11-20(19)26(21)30)12-13-22(23)32-16-24(28)27-18-8-4-3-5-9-18/h3-15H,2,16H2,1H3,(H,27,28). The van der Waals surface area contributed by atoms with Crippen LogP contribution in [0.1, 0.15) is 33.2 Å². The van der Waals surface area contributed by atoms with Gasteiger partial charge in [-0.15, -0.1) is 0 Å². The molecule has 4 rings (SSSR count). The number of carbonyl (C=O) groups excluding carboxylic acids is 3. The highest BCUT2D eigenvalue weighted by molar-refractivity contribution is 6.41. The van der Waals surface area contributed by atoms with Crippen LogP contribution in [0.15, 0.2) is 78.4 Å². The molecule has 3 aromatic carbocycles. The number of amides is 1. The van der Waals surface area contributed by atoms with Crippen LogP contribution >= 0.6 is 0 Å². The van der Waals surface area contributed by atoms with Gasteiger partial charge in [-0.3, -0.25) is 14.4 Å². The minimum absolute atomic E-state index is 0.115. The molecule has 1 N–H and O–H groups in total. The monoisotopic (exact) mass is 427 g/mol. The Hall–Kier alpha value is -4.19. The predicted molar refractivity (Wildman–Crippen MR) is 121 cm³/mol. The summed E-state index contributed by atoms with van der Waals surface area (Å²) in [5.41, 5.74) is 2.25. The van der Waals surface area contributed by atoms with Crippen molar-refractivity contribution in [3.63, 3.8) is 0 Å². The van der Waals surface area contributed by atoms with Crippen molar-refractivity contribution in [3.05, 3.63) is 95.1 Å². The Morgan fingerprint density at radius 3 is 2.16 bits per heavy atom. The Labute approximate surface area is 185 Å². The lowest BCUT2D eigenvalue weighted by Crippen LogP contribution is -2.20. The lowest BCUT2D eigenvalue weighted by Gasteiger charge is -2.13. The van der Waals surface area contributed by atoms with Gasteiger partial charge < -0.3 is 14.8 Å². The third-order valence-corrected chi connectivity index (χ3v) is 4.90. The highest BCUT2D eigenvalue weighted by atomic mass is 16.5. The maximum Gasteiger partial charge on any atom is 0.262 e. The molecule has 6 nitrogen and oxygen atoms in total. The topological polar surface area (TPSA) is 81.7 Å². The lowest BCUT2D eigenvalue weighted by atomic mass is 10.1. The van der Waals surface area contributed by atoms with Crippen molar-refractivity contribution in [1.82, 2.24) is 0 Å². The number of nitrogens with one attached hydrogen (secondary N) is 1. The Bertz CT molecular complexity index is 1180. The number of benzene rings is 3. The van der Waals surface area contributed by atoms with Crippen molar-refractivity contribution in [1.29, 1.82) is 0 Å². The van der Waals surface area contributed by atoms with E-state index in [1.54, 1.807) is 60.7 Å². The third kappa shape index (κ3) is 4.44. The third-order valence-electron chi connectivity index (χ3n) is 4.90. The van der Waals surface area contributed by atoms with Gasteiger partial charge in [-0.2, -0.15) is 0 Å². The molecule has 0 unspecified atom stereocenters. The summed E-state index contributed by atoms with van der Waals surface area (Å²) >= 11 is 0. The fraction of sp³-hybridized carbons (Fsp3) is 0.115. The van der Waals surface area contributed by atoms with Crippen LogP contribution in [-0.2, 0) is 4.79 Å². The fourth-order valence-electron chi connectivity index (χ4n) is 3.43. The van der Waals surface area contributed by atoms with Crippen LogP contribution in [0.4, 0.5) is 5.69 Å². The number of rotatable bonds is 7. The maximum absolute atomic E-state index is 12.6. The minimum atomic E-state index is -0.301. The molecule has 160 valence electrons. The van der Waals surface area contributed by atoms with Gasteiger partial charge in [-0.05, 0) is 42.8 Å². The normalized spacial score (nSPS) is 12.3. The van der Waals surface area contributed by atoms with E-state index in [-0.39, 0.29) is 29.7 Å². The van der Waals surface area contributed by atoms with Gasteiger partial charge in [0.05, 0.1) is 12.2 Å². The highest BCUT2D eigenvalue weighted by Crippen LogP contribution is 2.32. The molecule has 0 saturated heterocycles. The Morgan fingerprint density at radius 2 is 1.50 bits per heavy atom. The summed E-state index contributed by atoms with van der Waals surface area (Å²) in [7, 11) is 0. The van der Waals surface area contributed by atoms with Crippen LogP contribution in [0.3, 0.4) is 0 Å². The number of anilines is 1. The number of allylic oxidation sites excluding steroid dienone is 1. The average Bonchev–Trinajstić information content (AvgIpc) is 3.04. The molecule has 1 aliphatic carbocycles. The first-order valence-corrected chi connectivity index (χ1v) is 10.2. The second kappa shape index (κ2) is 9.31. The molecule has 3 aromatic rings. The van der Waals surface area contributed by atoms with Gasteiger partial charge in [0.1, 0.15) is 0 Å². The number of carbonyl (C=O) groups is 3. The first kappa shape index (κ1) is 21.1. The van der Waals surface area contributed by atoms with E-state index >= 15 is 0 Å². The van der Waals surface area contributed by atoms with Gasteiger partial charge in [0, 0.05) is 16.8 Å². The number of hydrogen-bond acceptors (Lipinski definition) is 5. The minimum Gasteiger partial charge on any atom is -0.490 e. The first-order valence-electron chi connectivity index (χ1n) is 10.2. The van der Waals surface area contributed by atoms with Crippen LogP contribution in [0.5, 0.6) is 11.5 Å². The molecule has 32 heavy (non-hydrogen) atoms. The molecule has 0 aromatic heterocycles. The van der Waals surface area contributed by atoms with Crippen LogP contribution in [0.2, 0.25) is 0 Å². The molecule has 1 amide bonds. The number of fused-ring (bicyclic) bond motifs is 1. The molecule has 0 spiro atoms. The second-order valence-electron chi connectivity index (χ2n) is 7.10. The number of para-hydroxylation sites is 1. The fourth-order valence-corrected chi connectivity index (χ4v) is 3.43. The summed E-state index contributed by atoms with van der Waals surface area (Å²) in [6.45, 7) is 2.02. The molecule has 0 radical (unpaired) electrons. The van der Waals surface area contributed by atoms with Gasteiger partial charge in [0.25, 0.3) is 5.91 Å². The molecule has 0 saturated carbocycles. The largest absolute Gasteiger partial charge is 0.490 e. The summed E-state index contributed by atoms with van der Waals surface area (Å²) < 4.78 is 11.3. The van der Waals surface area contributed by atoms with Gasteiger partial charge in [0.2, 0.25) is 0 Å². The zero-order chi connectivity index (χ0) is 22.5. The van der Waals surface area contributed by atoms with E-state index in [1.165, 1.54) is 0 Å². The van der Waals surface area contributed by atoms with E-state index in [1.807, 2.05) is 25.1 Å². The number of Topliss-reactive ketones (excluding diaryl/α,β-unsaturated/α-hetero) is 2. The molecular weight excluding hydrogens is 406 g/mol. The summed E-state index contributed by atoms with van der Waals surface area (Å²) in [6.07, 6.45) is 1.55. The van der Waals surface area contributed by atoms with Crippen molar-refractivity contribution in [2.45, 2.75) is 6.92 Å². The van der Waals surface area contributed by atoms with E-state index in [2.05, 4.69) is 5.32 Å². The van der Waals surface area contributed by atoms with E-state index in [0.717, 1.165) is 0 Å². The second-order valence-corrected chi connectivity index (χ2v) is 7.10. The molecule has 0 fully saturated rings. The van der Waals surface area contributed by atoms with Gasteiger partial charge >= 0.3 is 0 Å². The Morgan fingerprint density at radius 1 is 0.844 bits per heavy atom. The molecular formula is C26H21NO5. The van der Waals surface area contributed by atoms with E-state index in [9.17, 15) is 14.4 Å². The van der Waals surface area contributed by atoms with Crippen LogP contribution in [0, 0.1) is 0 Å². The quantitative estimate of drug-likeness (QED) is 0.441. The molecule has 1 aliphatic rings. The molecule has 6 heteroatoms. The van der Waals surface area contributed by atoms with Crippen molar-refractivity contribution in [3.8, 4) is 11.5 Å². The summed E-state index contributed by atoms with van der Waals surface area (Å²) in [4.78, 5) is 37.4. The van der Waals surface area contributed by atoms with Gasteiger partial charge in [0.15, 0.2) is 29.7 Å².